The molecule has 0 fully saturated rings. The number of sulfone groups is 1. The van der Waals surface area contributed by atoms with Gasteiger partial charge in [-0.2, -0.15) is 28.2 Å². The van der Waals surface area contributed by atoms with Gasteiger partial charge in [0.2, 0.25) is 0 Å². The zero-order chi connectivity index (χ0) is 25.3. The summed E-state index contributed by atoms with van der Waals surface area (Å²) in [6.45, 7) is 4.87. The number of alkyl halides is 3. The lowest BCUT2D eigenvalue weighted by atomic mass is 9.99. The quantitative estimate of drug-likeness (QED) is 0.487. The Labute approximate surface area is 193 Å². The van der Waals surface area contributed by atoms with Crippen molar-refractivity contribution >= 4 is 20.6 Å². The first-order valence-corrected chi connectivity index (χ1v) is 12.0. The summed E-state index contributed by atoms with van der Waals surface area (Å²) >= 11 is 0. The van der Waals surface area contributed by atoms with Crippen LogP contribution in [0, 0.1) is 11.3 Å². The Kier molecular flexibility index (Phi) is 6.71. The van der Waals surface area contributed by atoms with Crippen LogP contribution in [0.4, 0.5) is 13.2 Å². The van der Waals surface area contributed by atoms with E-state index in [2.05, 4.69) is 16.2 Å². The number of pyridine rings is 1. The molecule has 0 radical (unpaired) electrons. The van der Waals surface area contributed by atoms with E-state index in [0.29, 0.717) is 23.6 Å². The van der Waals surface area contributed by atoms with Crippen LogP contribution in [0.1, 0.15) is 39.2 Å². The van der Waals surface area contributed by atoms with Crippen molar-refractivity contribution < 1.29 is 26.3 Å². The van der Waals surface area contributed by atoms with E-state index in [9.17, 15) is 31.6 Å². The zero-order valence-corrected chi connectivity index (χ0v) is 19.4. The molecule has 0 bridgehead atoms. The Bertz CT molecular complexity index is 1440. The maximum absolute atomic E-state index is 13.2. The zero-order valence-electron chi connectivity index (χ0n) is 18.5. The summed E-state index contributed by atoms with van der Waals surface area (Å²) in [6, 6.07) is 5.84. The van der Waals surface area contributed by atoms with Crippen molar-refractivity contribution in [3.8, 4) is 17.6 Å². The molecule has 0 spiro atoms. The van der Waals surface area contributed by atoms with Crippen molar-refractivity contribution in [2.45, 2.75) is 50.3 Å². The summed E-state index contributed by atoms with van der Waals surface area (Å²) in [5, 5.41) is 13.3. The van der Waals surface area contributed by atoms with Crippen LogP contribution in [-0.2, 0) is 16.0 Å². The van der Waals surface area contributed by atoms with Crippen LogP contribution < -0.4 is 10.3 Å². The Hall–Kier alpha value is -3.46. The molecule has 0 unspecified atom stereocenters. The molecule has 1 aromatic carbocycles. The summed E-state index contributed by atoms with van der Waals surface area (Å²) in [5.41, 5.74) is -3.20. The highest BCUT2D eigenvalue weighted by molar-refractivity contribution is 7.91. The normalized spacial score (nSPS) is 12.5. The van der Waals surface area contributed by atoms with Gasteiger partial charge in [0.05, 0.1) is 29.1 Å². The van der Waals surface area contributed by atoms with Gasteiger partial charge in [0.15, 0.2) is 21.3 Å². The van der Waals surface area contributed by atoms with Crippen molar-refractivity contribution in [3.63, 3.8) is 0 Å². The van der Waals surface area contributed by atoms with Crippen LogP contribution in [0.25, 0.3) is 16.6 Å². The Morgan fingerprint density at radius 2 is 1.79 bits per heavy atom. The monoisotopic (exact) mass is 494 g/mol. The lowest BCUT2D eigenvalue weighted by Gasteiger charge is -2.25. The van der Waals surface area contributed by atoms with Crippen LogP contribution in [-0.4, -0.2) is 34.5 Å². The smallest absolute Gasteiger partial charge is 0.416 e. The molecule has 3 rings (SSSR count). The lowest BCUT2D eigenvalue weighted by molar-refractivity contribution is -0.137. The highest BCUT2D eigenvalue weighted by atomic mass is 32.2. The molecular weight excluding hydrogens is 473 g/mol. The van der Waals surface area contributed by atoms with Crippen molar-refractivity contribution in [1.29, 1.82) is 5.26 Å². The van der Waals surface area contributed by atoms with Gasteiger partial charge < -0.3 is 4.74 Å². The molecule has 0 atom stereocenters. The molecule has 12 heteroatoms. The van der Waals surface area contributed by atoms with Gasteiger partial charge in [-0.3, -0.25) is 4.79 Å². The molecule has 2 heterocycles. The van der Waals surface area contributed by atoms with E-state index in [4.69, 9.17) is 4.74 Å². The number of ether oxygens (including phenoxy) is 1. The fourth-order valence-electron chi connectivity index (χ4n) is 3.29. The molecule has 0 saturated heterocycles. The third kappa shape index (κ3) is 4.61. The molecule has 8 nitrogen and oxygen atoms in total. The standard InChI is InChI=1S/C22H21F3N4O4S/c1-4-21(5-2,13-26)33-16-10-18(34(31,32)6-3)19(27-12-16)29-20(30)17-9-15(22(23,24)25)8-7-14(17)11-28-29/h7-12H,4-6H2,1-3H3. The third-order valence-corrected chi connectivity index (χ3v) is 7.23. The molecule has 180 valence electrons. The summed E-state index contributed by atoms with van der Waals surface area (Å²) < 4.78 is 71.5. The molecule has 0 amide bonds. The second kappa shape index (κ2) is 9.06. The first-order chi connectivity index (χ1) is 15.9. The topological polar surface area (TPSA) is 115 Å². The predicted octanol–water partition coefficient (Wildman–Crippen LogP) is 4.05. The first kappa shape index (κ1) is 25.2. The fourth-order valence-corrected chi connectivity index (χ4v) is 4.31. The first-order valence-electron chi connectivity index (χ1n) is 10.3. The van der Waals surface area contributed by atoms with E-state index in [1.807, 2.05) is 0 Å². The number of nitrogens with zero attached hydrogens (tertiary/aromatic N) is 4. The van der Waals surface area contributed by atoms with Gasteiger partial charge in [-0.1, -0.05) is 26.8 Å². The molecule has 0 aliphatic carbocycles. The minimum Gasteiger partial charge on any atom is -0.471 e. The second-order valence-electron chi connectivity index (χ2n) is 7.47. The van der Waals surface area contributed by atoms with E-state index in [0.717, 1.165) is 30.6 Å². The number of fused-ring (bicyclic) bond motifs is 1. The average molecular weight is 494 g/mol. The largest absolute Gasteiger partial charge is 0.471 e. The maximum atomic E-state index is 13.2. The van der Waals surface area contributed by atoms with Crippen LogP contribution in [0.15, 0.2) is 46.3 Å². The number of nitriles is 1. The number of rotatable bonds is 7. The van der Waals surface area contributed by atoms with Gasteiger partial charge >= 0.3 is 6.18 Å². The van der Waals surface area contributed by atoms with E-state index in [-0.39, 0.29) is 28.1 Å². The molecule has 0 saturated carbocycles. The lowest BCUT2D eigenvalue weighted by Crippen LogP contribution is -2.33. The summed E-state index contributed by atoms with van der Waals surface area (Å²) in [5.74, 6) is -0.736. The van der Waals surface area contributed by atoms with Crippen molar-refractivity contribution in [2.75, 3.05) is 5.75 Å². The van der Waals surface area contributed by atoms with Gasteiger partial charge in [0.1, 0.15) is 16.7 Å². The van der Waals surface area contributed by atoms with Crippen molar-refractivity contribution in [2.24, 2.45) is 0 Å². The summed E-state index contributed by atoms with van der Waals surface area (Å²) in [4.78, 5) is 16.7. The van der Waals surface area contributed by atoms with Crippen LogP contribution in [0.3, 0.4) is 0 Å². The van der Waals surface area contributed by atoms with Gasteiger partial charge in [-0.15, -0.1) is 0 Å². The molecule has 0 aliphatic rings. The van der Waals surface area contributed by atoms with Crippen LogP contribution in [0.2, 0.25) is 0 Å². The molecule has 0 N–H and O–H groups in total. The van der Waals surface area contributed by atoms with Gasteiger partial charge in [-0.05, 0) is 25.0 Å². The SMILES string of the molecule is CCC(C#N)(CC)Oc1cnc(-n2ncc3ccc(C(F)(F)F)cc3c2=O)c(S(=O)(=O)CC)c1. The van der Waals surface area contributed by atoms with Crippen LogP contribution >= 0.6 is 0 Å². The van der Waals surface area contributed by atoms with Gasteiger partial charge in [-0.25, -0.2) is 13.4 Å². The third-order valence-electron chi connectivity index (χ3n) is 5.50. The van der Waals surface area contributed by atoms with E-state index < -0.39 is 37.6 Å². The molecule has 3 aromatic rings. The van der Waals surface area contributed by atoms with E-state index >= 15 is 0 Å². The number of aromatic nitrogens is 3. The predicted molar refractivity (Wildman–Crippen MR) is 117 cm³/mol. The van der Waals surface area contributed by atoms with Gasteiger partial charge in [0, 0.05) is 11.5 Å². The minimum absolute atomic E-state index is 0.00535. The Morgan fingerprint density at radius 1 is 1.12 bits per heavy atom. The summed E-state index contributed by atoms with van der Waals surface area (Å²) in [6.07, 6.45) is -1.73. The second-order valence-corrected chi connectivity index (χ2v) is 9.72. The van der Waals surface area contributed by atoms with Crippen molar-refractivity contribution in [3.05, 3.63) is 52.6 Å². The minimum atomic E-state index is -4.67. The highest BCUT2D eigenvalue weighted by Crippen LogP contribution is 2.31. The number of hydrogen-bond donors (Lipinski definition) is 0. The molecule has 2 aromatic heterocycles. The molecular formula is C22H21F3N4O4S. The fraction of sp³-hybridized carbons (Fsp3) is 0.364. The van der Waals surface area contributed by atoms with Crippen LogP contribution in [0.5, 0.6) is 5.75 Å². The highest BCUT2D eigenvalue weighted by Gasteiger charge is 2.32. The number of benzene rings is 1. The Balaban J connectivity index is 2.26. The molecule has 34 heavy (non-hydrogen) atoms. The van der Waals surface area contributed by atoms with E-state index in [1.165, 1.54) is 6.92 Å². The Morgan fingerprint density at radius 3 is 2.35 bits per heavy atom. The maximum Gasteiger partial charge on any atom is 0.416 e. The van der Waals surface area contributed by atoms with E-state index in [1.54, 1.807) is 13.8 Å². The van der Waals surface area contributed by atoms with Crippen molar-refractivity contribution in [1.82, 2.24) is 14.8 Å². The average Bonchev–Trinajstić information content (AvgIpc) is 2.82. The summed E-state index contributed by atoms with van der Waals surface area (Å²) in [7, 11) is -3.98. The van der Waals surface area contributed by atoms with Gasteiger partial charge in [0.25, 0.3) is 5.56 Å². The molecule has 0 aliphatic heterocycles. The number of halogens is 3. The number of hydrogen-bond acceptors (Lipinski definition) is 7.